The van der Waals surface area contributed by atoms with Crippen LogP contribution < -0.4 is 9.47 Å². The first-order valence-electron chi connectivity index (χ1n) is 10.1. The quantitative estimate of drug-likeness (QED) is 0.600. The van der Waals surface area contributed by atoms with Crippen molar-refractivity contribution in [2.75, 3.05) is 34.4 Å². The molecule has 0 aliphatic rings. The summed E-state index contributed by atoms with van der Waals surface area (Å²) in [7, 11) is 5.72. The Morgan fingerprint density at radius 1 is 1.14 bits per heavy atom. The van der Waals surface area contributed by atoms with E-state index in [-0.39, 0.29) is 6.61 Å². The number of aromatic nitrogens is 2. The van der Waals surface area contributed by atoms with Crippen LogP contribution in [0.1, 0.15) is 36.4 Å². The van der Waals surface area contributed by atoms with Crippen molar-refractivity contribution in [3.63, 3.8) is 0 Å². The van der Waals surface area contributed by atoms with Gasteiger partial charge in [-0.1, -0.05) is 6.07 Å². The normalized spacial score (nSPS) is 12.8. The van der Waals surface area contributed by atoms with E-state index in [4.69, 9.17) is 9.47 Å². The summed E-state index contributed by atoms with van der Waals surface area (Å²) >= 11 is 0. The summed E-state index contributed by atoms with van der Waals surface area (Å²) in [5.41, 5.74) is 4.52. The number of H-pyrrole nitrogens is 1. The lowest BCUT2D eigenvalue weighted by molar-refractivity contribution is 0.0668. The molecule has 0 amide bonds. The average Bonchev–Trinajstić information content (AvgIpc) is 2.98. The predicted molar refractivity (Wildman–Crippen MR) is 115 cm³/mol. The van der Waals surface area contributed by atoms with Crippen LogP contribution >= 0.6 is 0 Å². The second-order valence-electron chi connectivity index (χ2n) is 8.07. The van der Waals surface area contributed by atoms with Crippen molar-refractivity contribution in [1.29, 1.82) is 0 Å². The van der Waals surface area contributed by atoms with Crippen molar-refractivity contribution in [3.8, 4) is 11.5 Å². The smallest absolute Gasteiger partial charge is 0.161 e. The van der Waals surface area contributed by atoms with Gasteiger partial charge in [0.15, 0.2) is 11.5 Å². The molecule has 7 heteroatoms. The summed E-state index contributed by atoms with van der Waals surface area (Å²) in [6.45, 7) is 10.7. The van der Waals surface area contributed by atoms with Crippen molar-refractivity contribution >= 4 is 0 Å². The lowest BCUT2D eigenvalue weighted by Crippen LogP contribution is -2.36. The SMILES string of the molecule is COc1cc(CN(C)Cc2c(C)n[nH]c2C)ccc1OCC(O)CN(C)C(C)C. The molecule has 1 atom stereocenters. The van der Waals surface area contributed by atoms with Crippen LogP contribution in [0.25, 0.3) is 0 Å². The summed E-state index contributed by atoms with van der Waals surface area (Å²) in [6.07, 6.45) is -0.556. The number of aromatic amines is 1. The number of ether oxygens (including phenoxy) is 2. The number of likely N-dealkylation sites (N-methyl/N-ethyl adjacent to an activating group) is 1. The Labute approximate surface area is 174 Å². The van der Waals surface area contributed by atoms with Gasteiger partial charge >= 0.3 is 0 Å². The minimum Gasteiger partial charge on any atom is -0.493 e. The minimum absolute atomic E-state index is 0.228. The van der Waals surface area contributed by atoms with Gasteiger partial charge in [0, 0.05) is 36.9 Å². The maximum Gasteiger partial charge on any atom is 0.161 e. The van der Waals surface area contributed by atoms with Crippen LogP contribution in [0, 0.1) is 13.8 Å². The molecule has 0 radical (unpaired) electrons. The zero-order valence-electron chi connectivity index (χ0n) is 18.8. The number of rotatable bonds is 11. The minimum atomic E-state index is -0.556. The van der Waals surface area contributed by atoms with Crippen molar-refractivity contribution in [2.45, 2.75) is 52.9 Å². The molecule has 1 aromatic carbocycles. The molecule has 29 heavy (non-hydrogen) atoms. The Bertz CT molecular complexity index is 756. The van der Waals surface area contributed by atoms with Crippen LogP contribution in [0.15, 0.2) is 18.2 Å². The number of methoxy groups -OCH3 is 1. The van der Waals surface area contributed by atoms with Crippen LogP contribution in [0.2, 0.25) is 0 Å². The third-order valence-corrected chi connectivity index (χ3v) is 5.20. The molecule has 0 bridgehead atoms. The van der Waals surface area contributed by atoms with Gasteiger partial charge in [0.2, 0.25) is 0 Å². The summed E-state index contributed by atoms with van der Waals surface area (Å²) in [4.78, 5) is 4.33. The summed E-state index contributed by atoms with van der Waals surface area (Å²) in [5, 5.41) is 17.5. The highest BCUT2D eigenvalue weighted by Crippen LogP contribution is 2.29. The van der Waals surface area contributed by atoms with Crippen molar-refractivity contribution in [1.82, 2.24) is 20.0 Å². The van der Waals surface area contributed by atoms with E-state index in [1.807, 2.05) is 39.1 Å². The molecule has 0 fully saturated rings. The molecule has 1 aromatic heterocycles. The second-order valence-corrected chi connectivity index (χ2v) is 8.07. The predicted octanol–water partition coefficient (Wildman–Crippen LogP) is 2.75. The van der Waals surface area contributed by atoms with Gasteiger partial charge in [0.05, 0.1) is 12.8 Å². The zero-order chi connectivity index (χ0) is 21.6. The highest BCUT2D eigenvalue weighted by Gasteiger charge is 2.14. The topological polar surface area (TPSA) is 73.8 Å². The Morgan fingerprint density at radius 3 is 2.45 bits per heavy atom. The molecule has 1 heterocycles. The summed E-state index contributed by atoms with van der Waals surface area (Å²) in [6, 6.07) is 6.32. The van der Waals surface area contributed by atoms with E-state index in [1.165, 1.54) is 5.56 Å². The first-order valence-corrected chi connectivity index (χ1v) is 10.1. The van der Waals surface area contributed by atoms with E-state index < -0.39 is 6.10 Å². The van der Waals surface area contributed by atoms with E-state index >= 15 is 0 Å². The van der Waals surface area contributed by atoms with Crippen LogP contribution in [0.3, 0.4) is 0 Å². The van der Waals surface area contributed by atoms with Gasteiger partial charge in [0.1, 0.15) is 12.7 Å². The standard InChI is InChI=1S/C22H36N4O3/c1-15(2)26(6)12-19(27)14-29-21-9-8-18(10-22(21)28-7)11-25(5)13-20-16(3)23-24-17(20)4/h8-10,15,19,27H,11-14H2,1-7H3,(H,23,24). The van der Waals surface area contributed by atoms with Crippen LogP contribution in [-0.2, 0) is 13.1 Å². The number of nitrogens with zero attached hydrogens (tertiary/aromatic N) is 3. The molecule has 0 aliphatic carbocycles. The Balaban J connectivity index is 1.95. The number of aryl methyl sites for hydroxylation is 2. The molecule has 0 saturated carbocycles. The number of aliphatic hydroxyl groups is 1. The van der Waals surface area contributed by atoms with E-state index in [1.54, 1.807) is 7.11 Å². The van der Waals surface area contributed by atoms with Crippen molar-refractivity contribution in [3.05, 3.63) is 40.7 Å². The van der Waals surface area contributed by atoms with Gasteiger partial charge in [-0.15, -0.1) is 0 Å². The molecule has 1 unspecified atom stereocenters. The highest BCUT2D eigenvalue weighted by molar-refractivity contribution is 5.43. The van der Waals surface area contributed by atoms with Gasteiger partial charge in [-0.25, -0.2) is 0 Å². The molecule has 2 rings (SSSR count). The maximum atomic E-state index is 10.2. The van der Waals surface area contributed by atoms with Crippen molar-refractivity contribution in [2.24, 2.45) is 0 Å². The number of hydrogen-bond donors (Lipinski definition) is 2. The number of hydrogen-bond acceptors (Lipinski definition) is 6. The van der Waals surface area contributed by atoms with Gasteiger partial charge in [-0.2, -0.15) is 5.10 Å². The summed E-state index contributed by atoms with van der Waals surface area (Å²) < 4.78 is 11.3. The molecule has 162 valence electrons. The molecular formula is C22H36N4O3. The van der Waals surface area contributed by atoms with Crippen LogP contribution in [-0.4, -0.2) is 71.6 Å². The third-order valence-electron chi connectivity index (χ3n) is 5.20. The third kappa shape index (κ3) is 6.73. The fourth-order valence-corrected chi connectivity index (χ4v) is 3.16. The van der Waals surface area contributed by atoms with Gasteiger partial charge in [-0.05, 0) is 59.5 Å². The van der Waals surface area contributed by atoms with E-state index in [2.05, 4.69) is 40.9 Å². The number of aliphatic hydroxyl groups excluding tert-OH is 1. The van der Waals surface area contributed by atoms with Crippen LogP contribution in [0.5, 0.6) is 11.5 Å². The van der Waals surface area contributed by atoms with E-state index in [9.17, 15) is 5.11 Å². The fraction of sp³-hybridized carbons (Fsp3) is 0.591. The van der Waals surface area contributed by atoms with Crippen LogP contribution in [0.4, 0.5) is 0 Å². The lowest BCUT2D eigenvalue weighted by atomic mass is 10.1. The van der Waals surface area contributed by atoms with E-state index in [0.717, 1.165) is 30.0 Å². The van der Waals surface area contributed by atoms with Crippen molar-refractivity contribution < 1.29 is 14.6 Å². The molecular weight excluding hydrogens is 368 g/mol. The molecule has 0 saturated heterocycles. The summed E-state index contributed by atoms with van der Waals surface area (Å²) in [5.74, 6) is 1.32. The Morgan fingerprint density at radius 2 is 1.86 bits per heavy atom. The Kier molecular flexibility index (Phi) is 8.49. The molecule has 0 spiro atoms. The van der Waals surface area contributed by atoms with E-state index in [0.29, 0.717) is 24.1 Å². The Hall–Kier alpha value is -2.09. The first-order chi connectivity index (χ1) is 13.7. The average molecular weight is 405 g/mol. The second kappa shape index (κ2) is 10.6. The molecule has 0 aliphatic heterocycles. The molecule has 2 aromatic rings. The number of nitrogens with one attached hydrogen (secondary N) is 1. The fourth-order valence-electron chi connectivity index (χ4n) is 3.16. The van der Waals surface area contributed by atoms with Gasteiger partial charge in [-0.3, -0.25) is 10.00 Å². The first kappa shape index (κ1) is 23.2. The lowest BCUT2D eigenvalue weighted by Gasteiger charge is -2.24. The zero-order valence-corrected chi connectivity index (χ0v) is 18.8. The molecule has 7 nitrogen and oxygen atoms in total. The largest absolute Gasteiger partial charge is 0.493 e. The highest BCUT2D eigenvalue weighted by atomic mass is 16.5. The number of benzene rings is 1. The van der Waals surface area contributed by atoms with Gasteiger partial charge in [0.25, 0.3) is 0 Å². The molecule has 2 N–H and O–H groups in total. The van der Waals surface area contributed by atoms with Gasteiger partial charge < -0.3 is 19.5 Å². The monoisotopic (exact) mass is 404 g/mol. The maximum absolute atomic E-state index is 10.2.